The van der Waals surface area contributed by atoms with Crippen molar-refractivity contribution in [2.75, 3.05) is 6.54 Å². The van der Waals surface area contributed by atoms with Gasteiger partial charge in [0.15, 0.2) is 0 Å². The van der Waals surface area contributed by atoms with Gasteiger partial charge in [0.2, 0.25) is 5.69 Å². The normalized spacial score (nSPS) is 14.1. The van der Waals surface area contributed by atoms with Gasteiger partial charge in [-0.05, 0) is 62.3 Å². The number of benzene rings is 2. The molecule has 6 heteroatoms. The Morgan fingerprint density at radius 1 is 0.816 bits per heavy atom. The summed E-state index contributed by atoms with van der Waals surface area (Å²) < 4.78 is 5.97. The Kier molecular flexibility index (Phi) is 8.01. The van der Waals surface area contributed by atoms with E-state index in [1.54, 1.807) is 22.7 Å². The molecule has 0 bridgehead atoms. The number of hydrogen-bond donors (Lipinski definition) is 0. The second-order valence-corrected chi connectivity index (χ2v) is 11.0. The predicted molar refractivity (Wildman–Crippen MR) is 161 cm³/mol. The molecule has 0 unspecified atom stereocenters. The smallest absolute Gasteiger partial charge is 0.269 e. The lowest BCUT2D eigenvalue weighted by atomic mass is 10.1. The lowest BCUT2D eigenvalue weighted by molar-refractivity contribution is -0.679. The second-order valence-electron chi connectivity index (χ2n) is 8.89. The average molecular weight is 539 g/mol. The van der Waals surface area contributed by atoms with Crippen molar-refractivity contribution in [3.63, 3.8) is 0 Å². The minimum atomic E-state index is 0.0609. The van der Waals surface area contributed by atoms with E-state index in [1.165, 1.54) is 21.7 Å². The molecule has 5 rings (SSSR count). The maximum Gasteiger partial charge on any atom is 0.269 e. The Bertz CT molecular complexity index is 1670. The van der Waals surface area contributed by atoms with Crippen LogP contribution in [0.5, 0.6) is 0 Å². The highest BCUT2D eigenvalue weighted by molar-refractivity contribution is 7.16. The van der Waals surface area contributed by atoms with Gasteiger partial charge in [0.25, 0.3) is 10.6 Å². The van der Waals surface area contributed by atoms with E-state index in [2.05, 4.69) is 115 Å². The first-order valence-corrected chi connectivity index (χ1v) is 14.7. The van der Waals surface area contributed by atoms with E-state index in [9.17, 15) is 4.79 Å². The van der Waals surface area contributed by atoms with Gasteiger partial charge < -0.3 is 4.90 Å². The predicted octanol–water partition coefficient (Wildman–Crippen LogP) is 5.53. The molecule has 0 N–H and O–H groups in total. The zero-order chi connectivity index (χ0) is 26.5. The zero-order valence-electron chi connectivity index (χ0n) is 22.0. The monoisotopic (exact) mass is 538 g/mol. The summed E-state index contributed by atoms with van der Waals surface area (Å²) in [5.41, 5.74) is 4.75. The molecule has 2 aromatic heterocycles. The lowest BCUT2D eigenvalue weighted by Gasteiger charge is -2.15. The topological polar surface area (TPSA) is 29.1 Å². The van der Waals surface area contributed by atoms with Gasteiger partial charge in [-0.2, -0.15) is 4.57 Å². The van der Waals surface area contributed by atoms with Crippen LogP contribution in [0.4, 0.5) is 0 Å². The molecule has 0 atom stereocenters. The Balaban J connectivity index is 1.66. The summed E-state index contributed by atoms with van der Waals surface area (Å²) in [6, 6.07) is 21.1. The van der Waals surface area contributed by atoms with Gasteiger partial charge in [0, 0.05) is 31.1 Å². The van der Waals surface area contributed by atoms with Crippen LogP contribution in [-0.2, 0) is 13.1 Å². The lowest BCUT2D eigenvalue weighted by Crippen LogP contribution is -2.36. The molecule has 192 valence electrons. The van der Waals surface area contributed by atoms with Gasteiger partial charge in [0.05, 0.1) is 10.6 Å². The Hall–Kier alpha value is -3.74. The third kappa shape index (κ3) is 5.28. The van der Waals surface area contributed by atoms with Gasteiger partial charge in [-0.1, -0.05) is 65.9 Å². The Labute approximate surface area is 231 Å². The number of allylic oxidation sites excluding steroid dienone is 4. The van der Waals surface area contributed by atoms with Crippen molar-refractivity contribution in [3.8, 4) is 21.7 Å². The third-order valence-corrected chi connectivity index (χ3v) is 8.82. The summed E-state index contributed by atoms with van der Waals surface area (Å²) in [4.78, 5) is 16.7. The number of rotatable bonds is 7. The number of nitrogens with zero attached hydrogens (tertiary/aromatic N) is 3. The number of hydrogen-bond acceptors (Lipinski definition) is 4. The Morgan fingerprint density at radius 2 is 1.47 bits per heavy atom. The zero-order valence-corrected chi connectivity index (χ0v) is 23.6. The summed E-state index contributed by atoms with van der Waals surface area (Å²) in [7, 11) is 0. The molecule has 0 amide bonds. The fraction of sp³-hybridized carbons (Fsp3) is 0.188. The van der Waals surface area contributed by atoms with Crippen LogP contribution >= 0.6 is 22.7 Å². The van der Waals surface area contributed by atoms with Crippen LogP contribution in [0.3, 0.4) is 0 Å². The highest BCUT2D eigenvalue weighted by Crippen LogP contribution is 2.35. The van der Waals surface area contributed by atoms with Crippen LogP contribution in [0, 0.1) is 0 Å². The highest BCUT2D eigenvalue weighted by atomic mass is 32.1. The molecule has 1 aliphatic heterocycles. The number of thiazole rings is 2. The summed E-state index contributed by atoms with van der Waals surface area (Å²) in [5.74, 6) is 0. The van der Waals surface area contributed by atoms with Crippen molar-refractivity contribution >= 4 is 34.8 Å². The van der Waals surface area contributed by atoms with Gasteiger partial charge in [-0.25, -0.2) is 0 Å². The van der Waals surface area contributed by atoms with Crippen molar-refractivity contribution < 1.29 is 4.57 Å². The first kappa shape index (κ1) is 25.9. The van der Waals surface area contributed by atoms with Crippen molar-refractivity contribution in [3.05, 3.63) is 121 Å². The maximum atomic E-state index is 13.3. The molecular weight excluding hydrogens is 507 g/mol. The van der Waals surface area contributed by atoms with Gasteiger partial charge in [-0.3, -0.25) is 9.36 Å². The van der Waals surface area contributed by atoms with Crippen LogP contribution in [0.2, 0.25) is 0 Å². The fourth-order valence-electron chi connectivity index (χ4n) is 4.56. The Morgan fingerprint density at radius 3 is 2.08 bits per heavy atom. The molecule has 0 spiro atoms. The van der Waals surface area contributed by atoms with Gasteiger partial charge in [-0.15, -0.1) is 11.3 Å². The van der Waals surface area contributed by atoms with Crippen molar-refractivity contribution in [2.45, 2.75) is 33.9 Å². The molecule has 4 nitrogen and oxygen atoms in total. The molecule has 0 saturated heterocycles. The van der Waals surface area contributed by atoms with Crippen LogP contribution < -0.4 is 19.3 Å². The molecule has 4 aromatic rings. The fourth-order valence-corrected chi connectivity index (χ4v) is 6.97. The van der Waals surface area contributed by atoms with E-state index in [1.807, 2.05) is 23.6 Å². The quantitative estimate of drug-likeness (QED) is 0.290. The minimum absolute atomic E-state index is 0.0609. The van der Waals surface area contributed by atoms with E-state index in [4.69, 9.17) is 0 Å². The van der Waals surface area contributed by atoms with E-state index in [0.29, 0.717) is 6.54 Å². The van der Waals surface area contributed by atoms with Crippen LogP contribution in [0.15, 0.2) is 102 Å². The van der Waals surface area contributed by atoms with Crippen LogP contribution in [0.1, 0.15) is 25.8 Å². The molecule has 2 aromatic carbocycles. The summed E-state index contributed by atoms with van der Waals surface area (Å²) in [5, 5.41) is 1.14. The molecule has 3 heterocycles. The van der Waals surface area contributed by atoms with E-state index in [-0.39, 0.29) is 5.56 Å². The van der Waals surface area contributed by atoms with E-state index < -0.39 is 0 Å². The molecule has 38 heavy (non-hydrogen) atoms. The van der Waals surface area contributed by atoms with Crippen LogP contribution in [0.25, 0.3) is 33.9 Å². The molecule has 0 radical (unpaired) electrons. The largest absolute Gasteiger partial charge is 0.354 e. The SMILES string of the molecule is CCN1C=CC(=CC=c2sc(=Cc3sc(-c4ccccc4)c(-c4ccccc4)[n+]3CC)n(CC)c2=O)C=C1. The summed E-state index contributed by atoms with van der Waals surface area (Å²) in [6.07, 6.45) is 14.4. The van der Waals surface area contributed by atoms with E-state index in [0.717, 1.165) is 32.9 Å². The average Bonchev–Trinajstić information content (AvgIpc) is 3.49. The minimum Gasteiger partial charge on any atom is -0.354 e. The third-order valence-electron chi connectivity index (χ3n) is 6.57. The van der Waals surface area contributed by atoms with Crippen molar-refractivity contribution in [1.82, 2.24) is 9.47 Å². The first-order valence-electron chi connectivity index (χ1n) is 13.1. The van der Waals surface area contributed by atoms with Crippen molar-refractivity contribution in [1.29, 1.82) is 0 Å². The van der Waals surface area contributed by atoms with Crippen molar-refractivity contribution in [2.24, 2.45) is 0 Å². The van der Waals surface area contributed by atoms with E-state index >= 15 is 0 Å². The molecule has 0 aliphatic carbocycles. The summed E-state index contributed by atoms with van der Waals surface area (Å²) >= 11 is 3.33. The summed E-state index contributed by atoms with van der Waals surface area (Å²) in [6.45, 7) is 8.74. The number of aromatic nitrogens is 2. The maximum absolute atomic E-state index is 13.3. The molecule has 0 fully saturated rings. The molecule has 0 saturated carbocycles. The first-order chi connectivity index (χ1) is 18.6. The molecule has 1 aliphatic rings. The second kappa shape index (κ2) is 11.8. The molecular formula is C32H32N3OS2+. The standard InChI is InChI=1S/C32H32N3OS2/c1-4-33-21-19-24(20-22-33)17-18-27-32(36)35(6-3)29(37-27)23-28-34(5-2)30(25-13-9-7-10-14-25)31(38-28)26-15-11-8-12-16-26/h7-23H,4-6H2,1-3H3/q+1. The van der Waals surface area contributed by atoms with Gasteiger partial charge >= 0.3 is 0 Å². The van der Waals surface area contributed by atoms with Crippen LogP contribution in [-0.4, -0.2) is 16.0 Å². The van der Waals surface area contributed by atoms with Gasteiger partial charge in [0.1, 0.15) is 16.1 Å². The highest BCUT2D eigenvalue weighted by Gasteiger charge is 2.27.